The van der Waals surface area contributed by atoms with Crippen LogP contribution >= 0.6 is 24.0 Å². The molecule has 1 heterocycles. The molecule has 0 bridgehead atoms. The number of rotatable bonds is 1. The standard InChI is InChI=1S/C12H13ClFN.ClH/c13-11-2-1-10(12(14)8-11)7-9-3-5-15-6-4-9;/h1-2,7-8,15H,3-6H2;1H. The molecule has 0 amide bonds. The van der Waals surface area contributed by atoms with Crippen LogP contribution in [0.5, 0.6) is 0 Å². The molecule has 0 saturated carbocycles. The number of hydrogen-bond acceptors (Lipinski definition) is 1. The third-order valence-electron chi connectivity index (χ3n) is 2.57. The Kier molecular flexibility index (Phi) is 5.26. The Morgan fingerprint density at radius 1 is 1.25 bits per heavy atom. The quantitative estimate of drug-likeness (QED) is 0.814. The van der Waals surface area contributed by atoms with Crippen LogP contribution in [0.25, 0.3) is 6.08 Å². The summed E-state index contributed by atoms with van der Waals surface area (Å²) in [6.07, 6.45) is 3.94. The van der Waals surface area contributed by atoms with Crippen molar-refractivity contribution >= 4 is 30.1 Å². The third-order valence-corrected chi connectivity index (χ3v) is 2.80. The molecule has 4 heteroatoms. The lowest BCUT2D eigenvalue weighted by molar-refractivity contribution is 0.609. The van der Waals surface area contributed by atoms with E-state index in [2.05, 4.69) is 5.32 Å². The normalized spacial score (nSPS) is 15.5. The van der Waals surface area contributed by atoms with Crippen molar-refractivity contribution in [1.82, 2.24) is 5.32 Å². The monoisotopic (exact) mass is 261 g/mol. The Morgan fingerprint density at radius 3 is 2.56 bits per heavy atom. The van der Waals surface area contributed by atoms with Gasteiger partial charge in [0.15, 0.2) is 0 Å². The number of halogens is 3. The molecular weight excluding hydrogens is 248 g/mol. The van der Waals surface area contributed by atoms with Gasteiger partial charge in [-0.05, 0) is 38.1 Å². The van der Waals surface area contributed by atoms with Gasteiger partial charge < -0.3 is 5.32 Å². The highest BCUT2D eigenvalue weighted by Crippen LogP contribution is 2.20. The Morgan fingerprint density at radius 2 is 1.94 bits per heavy atom. The molecule has 0 spiro atoms. The first-order valence-corrected chi connectivity index (χ1v) is 5.49. The molecule has 0 aromatic heterocycles. The van der Waals surface area contributed by atoms with Crippen LogP contribution in [0.2, 0.25) is 5.02 Å². The number of nitrogens with one attached hydrogen (secondary N) is 1. The van der Waals surface area contributed by atoms with Gasteiger partial charge in [-0.2, -0.15) is 0 Å². The second-order valence-corrected chi connectivity index (χ2v) is 4.15. The maximum atomic E-state index is 13.5. The van der Waals surface area contributed by atoms with Gasteiger partial charge in [-0.3, -0.25) is 0 Å². The van der Waals surface area contributed by atoms with E-state index in [-0.39, 0.29) is 18.2 Å². The van der Waals surface area contributed by atoms with E-state index in [9.17, 15) is 4.39 Å². The Labute approximate surface area is 106 Å². The fraction of sp³-hybridized carbons (Fsp3) is 0.333. The summed E-state index contributed by atoms with van der Waals surface area (Å²) in [5.41, 5.74) is 1.94. The maximum Gasteiger partial charge on any atom is 0.131 e. The smallest absolute Gasteiger partial charge is 0.131 e. The highest BCUT2D eigenvalue weighted by molar-refractivity contribution is 6.30. The second kappa shape index (κ2) is 6.24. The average molecular weight is 262 g/mol. The van der Waals surface area contributed by atoms with Crippen LogP contribution < -0.4 is 5.32 Å². The first kappa shape index (κ1) is 13.5. The van der Waals surface area contributed by atoms with Crippen molar-refractivity contribution in [3.05, 3.63) is 40.2 Å². The van der Waals surface area contributed by atoms with E-state index in [1.807, 2.05) is 6.08 Å². The first-order chi connectivity index (χ1) is 7.25. The van der Waals surface area contributed by atoms with Crippen molar-refractivity contribution in [1.29, 1.82) is 0 Å². The van der Waals surface area contributed by atoms with E-state index in [4.69, 9.17) is 11.6 Å². The van der Waals surface area contributed by atoms with E-state index in [0.717, 1.165) is 25.9 Å². The lowest BCUT2D eigenvalue weighted by atomic mass is 10.0. The highest BCUT2D eigenvalue weighted by atomic mass is 35.5. The summed E-state index contributed by atoms with van der Waals surface area (Å²) in [5.74, 6) is -0.242. The molecule has 1 aliphatic rings. The van der Waals surface area contributed by atoms with Crippen LogP contribution in [0, 0.1) is 5.82 Å². The predicted octanol–water partition coefficient (Wildman–Crippen LogP) is 3.67. The second-order valence-electron chi connectivity index (χ2n) is 3.72. The molecule has 16 heavy (non-hydrogen) atoms. The molecule has 0 aliphatic carbocycles. The van der Waals surface area contributed by atoms with Crippen LogP contribution in [-0.2, 0) is 0 Å². The summed E-state index contributed by atoms with van der Waals surface area (Å²) < 4.78 is 13.5. The lowest BCUT2D eigenvalue weighted by Gasteiger charge is -2.15. The van der Waals surface area contributed by atoms with Crippen LogP contribution in [-0.4, -0.2) is 13.1 Å². The zero-order valence-corrected chi connectivity index (χ0v) is 10.4. The molecule has 88 valence electrons. The maximum absolute atomic E-state index is 13.5. The van der Waals surface area contributed by atoms with Gasteiger partial charge in [0.1, 0.15) is 5.82 Å². The van der Waals surface area contributed by atoms with E-state index in [1.165, 1.54) is 11.6 Å². The Bertz CT molecular complexity index is 383. The molecule has 1 nitrogen and oxygen atoms in total. The minimum absolute atomic E-state index is 0. The fourth-order valence-electron chi connectivity index (χ4n) is 1.73. The summed E-state index contributed by atoms with van der Waals surface area (Å²) in [7, 11) is 0. The van der Waals surface area contributed by atoms with E-state index < -0.39 is 0 Å². The SMILES string of the molecule is Cl.Fc1cc(Cl)ccc1C=C1CCNCC1. The van der Waals surface area contributed by atoms with Crippen molar-refractivity contribution in [2.24, 2.45) is 0 Å². The van der Waals surface area contributed by atoms with Crippen LogP contribution in [0.1, 0.15) is 18.4 Å². The number of hydrogen-bond donors (Lipinski definition) is 1. The van der Waals surface area contributed by atoms with Crippen molar-refractivity contribution in [3.8, 4) is 0 Å². The summed E-state index contributed by atoms with van der Waals surface area (Å²) in [4.78, 5) is 0. The van der Waals surface area contributed by atoms with Gasteiger partial charge >= 0.3 is 0 Å². The topological polar surface area (TPSA) is 12.0 Å². The third kappa shape index (κ3) is 3.48. The van der Waals surface area contributed by atoms with E-state index >= 15 is 0 Å². The van der Waals surface area contributed by atoms with Gasteiger partial charge in [0.2, 0.25) is 0 Å². The predicted molar refractivity (Wildman–Crippen MR) is 68.7 cm³/mol. The zero-order chi connectivity index (χ0) is 10.7. The Balaban J connectivity index is 0.00000128. The molecule has 1 aliphatic heterocycles. The van der Waals surface area contributed by atoms with Crippen molar-refractivity contribution in [3.63, 3.8) is 0 Å². The Hall–Kier alpha value is -0.570. The molecule has 0 unspecified atom stereocenters. The van der Waals surface area contributed by atoms with Gasteiger partial charge in [-0.15, -0.1) is 12.4 Å². The van der Waals surface area contributed by atoms with E-state index in [1.54, 1.807) is 12.1 Å². The average Bonchev–Trinajstić information content (AvgIpc) is 2.24. The molecule has 0 atom stereocenters. The van der Waals surface area contributed by atoms with Crippen molar-refractivity contribution in [2.45, 2.75) is 12.8 Å². The summed E-state index contributed by atoms with van der Waals surface area (Å²) in [6.45, 7) is 1.97. The van der Waals surface area contributed by atoms with Gasteiger partial charge in [0.05, 0.1) is 0 Å². The fourth-order valence-corrected chi connectivity index (χ4v) is 1.89. The number of piperidine rings is 1. The minimum Gasteiger partial charge on any atom is -0.316 e. The lowest BCUT2D eigenvalue weighted by Crippen LogP contribution is -2.22. The van der Waals surface area contributed by atoms with Crippen LogP contribution in [0.15, 0.2) is 23.8 Å². The van der Waals surface area contributed by atoms with Crippen molar-refractivity contribution in [2.75, 3.05) is 13.1 Å². The first-order valence-electron chi connectivity index (χ1n) is 5.11. The molecule has 1 fully saturated rings. The largest absolute Gasteiger partial charge is 0.316 e. The molecule has 0 radical (unpaired) electrons. The van der Waals surface area contributed by atoms with Gasteiger partial charge in [0.25, 0.3) is 0 Å². The molecule has 1 aromatic rings. The molecule has 2 rings (SSSR count). The summed E-state index contributed by atoms with van der Waals surface area (Å²) in [5, 5.41) is 3.71. The van der Waals surface area contributed by atoms with Crippen LogP contribution in [0.4, 0.5) is 4.39 Å². The van der Waals surface area contributed by atoms with E-state index in [0.29, 0.717) is 10.6 Å². The zero-order valence-electron chi connectivity index (χ0n) is 8.80. The molecular formula is C12H14Cl2FN. The number of benzene rings is 1. The molecule has 1 aromatic carbocycles. The molecule has 1 saturated heterocycles. The van der Waals surface area contributed by atoms with Gasteiger partial charge in [0, 0.05) is 10.6 Å². The molecule has 1 N–H and O–H groups in total. The van der Waals surface area contributed by atoms with Crippen LogP contribution in [0.3, 0.4) is 0 Å². The van der Waals surface area contributed by atoms with Gasteiger partial charge in [-0.25, -0.2) is 4.39 Å². The van der Waals surface area contributed by atoms with Crippen molar-refractivity contribution < 1.29 is 4.39 Å². The highest BCUT2D eigenvalue weighted by Gasteiger charge is 2.06. The van der Waals surface area contributed by atoms with Gasteiger partial charge in [-0.1, -0.05) is 29.3 Å². The minimum atomic E-state index is -0.242. The summed E-state index contributed by atoms with van der Waals surface area (Å²) in [6, 6.07) is 4.81. The summed E-state index contributed by atoms with van der Waals surface area (Å²) >= 11 is 5.69.